The van der Waals surface area contributed by atoms with Crippen LogP contribution >= 0.6 is 0 Å². The van der Waals surface area contributed by atoms with Crippen LogP contribution in [0, 0.1) is 0 Å². The van der Waals surface area contributed by atoms with E-state index in [0.29, 0.717) is 11.2 Å². The van der Waals surface area contributed by atoms with E-state index >= 15 is 0 Å². The molecule has 1 saturated heterocycles. The summed E-state index contributed by atoms with van der Waals surface area (Å²) < 4.78 is 6.85. The van der Waals surface area contributed by atoms with Crippen molar-refractivity contribution in [3.8, 4) is 0 Å². The van der Waals surface area contributed by atoms with Gasteiger partial charge in [-0.15, -0.1) is 0 Å². The Labute approximate surface area is 167 Å². The van der Waals surface area contributed by atoms with Crippen LogP contribution < -0.4 is 64.8 Å². The number of fused-ring (bicyclic) bond motifs is 1. The van der Waals surface area contributed by atoms with Gasteiger partial charge in [0.05, 0.1) is 12.9 Å². The SMILES string of the molecule is Nc1ncnc2c1ncn2[C@@H]1O[C@H](CO)C(O)C1O.[H-].[H-].[Na+].[Na+]. The molecule has 9 nitrogen and oxygen atoms in total. The van der Waals surface area contributed by atoms with Crippen molar-refractivity contribution in [3.05, 3.63) is 12.7 Å². The number of rotatable bonds is 2. The second kappa shape index (κ2) is 7.64. The van der Waals surface area contributed by atoms with Crippen molar-refractivity contribution in [1.29, 1.82) is 0 Å². The van der Waals surface area contributed by atoms with Gasteiger partial charge in [-0.25, -0.2) is 15.0 Å². The number of hydrogen-bond acceptors (Lipinski definition) is 8. The zero-order valence-corrected chi connectivity index (χ0v) is 15.8. The smallest absolute Gasteiger partial charge is 1.00 e. The molecule has 2 aromatic heterocycles. The molecule has 1 aliphatic heterocycles. The third kappa shape index (κ3) is 3.27. The number of aromatic nitrogens is 4. The van der Waals surface area contributed by atoms with Crippen LogP contribution in [0.1, 0.15) is 9.08 Å². The van der Waals surface area contributed by atoms with E-state index in [1.54, 1.807) is 0 Å². The number of nitrogens with zero attached hydrogens (tertiary/aromatic N) is 4. The molecule has 0 bridgehead atoms. The molecule has 4 atom stereocenters. The summed E-state index contributed by atoms with van der Waals surface area (Å²) in [6.07, 6.45) is -1.42. The molecule has 0 saturated carbocycles. The maximum absolute atomic E-state index is 9.95. The Kier molecular flexibility index (Phi) is 7.00. The minimum Gasteiger partial charge on any atom is -1.00 e. The number of aliphatic hydroxyl groups excluding tert-OH is 3. The molecule has 0 radical (unpaired) electrons. The standard InChI is InChI=1S/C10H13N5O4.2Na.2H/c11-8-5-9(13-2-12-8)15(3-14-5)10-7(18)6(17)4(1-16)19-10;;;;/h2-4,6-7,10,16-18H,1H2,(H2,11,12,13);;;;/q;2*+1;2*-1/t4-,6?,7?,10-;;;;/m1..../s1. The number of aliphatic hydroxyl groups is 3. The predicted molar refractivity (Wildman–Crippen MR) is 65.0 cm³/mol. The van der Waals surface area contributed by atoms with Gasteiger partial charge in [-0.1, -0.05) is 0 Å². The Hall–Kier alpha value is 0.190. The van der Waals surface area contributed by atoms with Crippen LogP contribution in [0.4, 0.5) is 5.82 Å². The molecule has 106 valence electrons. The number of nitrogens with two attached hydrogens (primary N) is 1. The summed E-state index contributed by atoms with van der Waals surface area (Å²) in [6.45, 7) is -0.390. The summed E-state index contributed by atoms with van der Waals surface area (Å²) in [5, 5.41) is 28.7. The van der Waals surface area contributed by atoms with Gasteiger partial charge in [0.15, 0.2) is 17.7 Å². The maximum atomic E-state index is 9.95. The first-order valence-corrected chi connectivity index (χ1v) is 5.69. The van der Waals surface area contributed by atoms with Crippen LogP contribution in [0.15, 0.2) is 12.7 Å². The van der Waals surface area contributed by atoms with Crippen molar-refractivity contribution in [1.82, 2.24) is 19.5 Å². The summed E-state index contributed by atoms with van der Waals surface area (Å²) in [4.78, 5) is 11.9. The number of imidazole rings is 1. The molecule has 3 rings (SSSR count). The van der Waals surface area contributed by atoms with Crippen molar-refractivity contribution < 1.29 is 82.0 Å². The molecule has 1 fully saturated rings. The van der Waals surface area contributed by atoms with Crippen LogP contribution in [0.2, 0.25) is 0 Å². The summed E-state index contributed by atoms with van der Waals surface area (Å²) in [6, 6.07) is 0. The fourth-order valence-corrected chi connectivity index (χ4v) is 2.17. The second-order valence-electron chi connectivity index (χ2n) is 4.31. The Balaban J connectivity index is 0. The summed E-state index contributed by atoms with van der Waals surface area (Å²) in [5.74, 6) is 0.218. The number of nitrogen functional groups attached to an aromatic ring is 1. The van der Waals surface area contributed by atoms with Crippen molar-refractivity contribution in [2.24, 2.45) is 0 Å². The first-order valence-electron chi connectivity index (χ1n) is 5.69. The van der Waals surface area contributed by atoms with Gasteiger partial charge in [0.25, 0.3) is 0 Å². The fraction of sp³-hybridized carbons (Fsp3) is 0.500. The van der Waals surface area contributed by atoms with Gasteiger partial charge in [0.2, 0.25) is 0 Å². The minimum atomic E-state index is -1.19. The average molecular weight is 315 g/mol. The molecule has 2 aromatic rings. The van der Waals surface area contributed by atoms with Gasteiger partial charge in [-0.3, -0.25) is 4.57 Å². The van der Waals surface area contributed by atoms with Crippen LogP contribution in [-0.4, -0.2) is 59.8 Å². The largest absolute Gasteiger partial charge is 1.00 e. The van der Waals surface area contributed by atoms with E-state index in [0.717, 1.165) is 0 Å². The third-order valence-corrected chi connectivity index (χ3v) is 3.18. The molecule has 21 heavy (non-hydrogen) atoms. The van der Waals surface area contributed by atoms with Crippen LogP contribution in [-0.2, 0) is 4.74 Å². The molecule has 5 N–H and O–H groups in total. The Morgan fingerprint density at radius 3 is 2.57 bits per heavy atom. The monoisotopic (exact) mass is 315 g/mol. The van der Waals surface area contributed by atoms with E-state index < -0.39 is 31.1 Å². The van der Waals surface area contributed by atoms with E-state index in [9.17, 15) is 10.2 Å². The molecular weight excluding hydrogens is 300 g/mol. The molecule has 0 spiro atoms. The topological polar surface area (TPSA) is 140 Å². The first kappa shape index (κ1) is 19.2. The van der Waals surface area contributed by atoms with Gasteiger partial charge >= 0.3 is 59.1 Å². The Bertz CT molecular complexity index is 622. The number of ether oxygens (including phenoxy) is 1. The van der Waals surface area contributed by atoms with Gasteiger partial charge < -0.3 is 28.6 Å². The van der Waals surface area contributed by atoms with E-state index in [-0.39, 0.29) is 67.8 Å². The van der Waals surface area contributed by atoms with Crippen LogP contribution in [0.3, 0.4) is 0 Å². The first-order chi connectivity index (χ1) is 9.13. The molecule has 1 aliphatic rings. The summed E-state index contributed by atoms with van der Waals surface area (Å²) in [7, 11) is 0. The molecule has 0 aromatic carbocycles. The fourth-order valence-electron chi connectivity index (χ4n) is 2.17. The molecule has 3 heterocycles. The zero-order valence-electron chi connectivity index (χ0n) is 13.8. The van der Waals surface area contributed by atoms with Crippen molar-refractivity contribution in [2.75, 3.05) is 12.3 Å². The van der Waals surface area contributed by atoms with Crippen molar-refractivity contribution in [2.45, 2.75) is 24.5 Å². The Morgan fingerprint density at radius 2 is 1.95 bits per heavy atom. The van der Waals surface area contributed by atoms with E-state index in [2.05, 4.69) is 15.0 Å². The summed E-state index contributed by atoms with van der Waals surface area (Å²) in [5.41, 5.74) is 6.44. The van der Waals surface area contributed by atoms with Gasteiger partial charge in [-0.2, -0.15) is 0 Å². The number of anilines is 1. The van der Waals surface area contributed by atoms with E-state index in [4.69, 9.17) is 15.6 Å². The van der Waals surface area contributed by atoms with Crippen molar-refractivity contribution >= 4 is 17.0 Å². The van der Waals surface area contributed by atoms with E-state index in [1.165, 1.54) is 17.2 Å². The Morgan fingerprint density at radius 1 is 1.24 bits per heavy atom. The molecular formula is C10H15N5Na2O4. The molecule has 11 heteroatoms. The maximum Gasteiger partial charge on any atom is 1.00 e. The third-order valence-electron chi connectivity index (χ3n) is 3.18. The van der Waals surface area contributed by atoms with Crippen LogP contribution in [0.5, 0.6) is 0 Å². The average Bonchev–Trinajstić information content (AvgIpc) is 2.94. The summed E-state index contributed by atoms with van der Waals surface area (Å²) >= 11 is 0. The molecule has 0 aliphatic carbocycles. The zero-order chi connectivity index (χ0) is 13.6. The molecule has 2 unspecified atom stereocenters. The second-order valence-corrected chi connectivity index (χ2v) is 4.31. The quantitative estimate of drug-likeness (QED) is 0.401. The van der Waals surface area contributed by atoms with Crippen LogP contribution in [0.25, 0.3) is 11.2 Å². The van der Waals surface area contributed by atoms with Gasteiger partial charge in [-0.05, 0) is 0 Å². The van der Waals surface area contributed by atoms with Gasteiger partial charge in [0, 0.05) is 0 Å². The molecule has 0 amide bonds. The van der Waals surface area contributed by atoms with Crippen molar-refractivity contribution in [3.63, 3.8) is 0 Å². The van der Waals surface area contributed by atoms with E-state index in [1.807, 2.05) is 0 Å². The minimum absolute atomic E-state index is 0. The predicted octanol–water partition coefficient (Wildman–Crippen LogP) is -7.75. The van der Waals surface area contributed by atoms with Gasteiger partial charge in [0.1, 0.15) is 30.2 Å². The normalized spacial score (nSPS) is 28.1. The number of hydrogen-bond donors (Lipinski definition) is 4.